The zero-order valence-electron chi connectivity index (χ0n) is 14.4. The molecule has 1 amide bonds. The van der Waals surface area contributed by atoms with Gasteiger partial charge < -0.3 is 10.6 Å². The number of nitrogens with zero attached hydrogens (tertiary/aromatic N) is 2. The zero-order valence-corrected chi connectivity index (χ0v) is 14.4. The molecule has 124 valence electrons. The third-order valence-electron chi connectivity index (χ3n) is 4.17. The van der Waals surface area contributed by atoms with Crippen LogP contribution in [0.15, 0.2) is 12.3 Å². The van der Waals surface area contributed by atoms with Crippen molar-refractivity contribution < 1.29 is 4.79 Å². The van der Waals surface area contributed by atoms with Crippen molar-refractivity contribution in [1.29, 1.82) is 0 Å². The van der Waals surface area contributed by atoms with Gasteiger partial charge in [0.05, 0.1) is 6.04 Å². The van der Waals surface area contributed by atoms with E-state index in [9.17, 15) is 4.79 Å². The van der Waals surface area contributed by atoms with E-state index in [1.54, 1.807) is 0 Å². The summed E-state index contributed by atoms with van der Waals surface area (Å²) in [6.07, 6.45) is 5.30. The molecule has 22 heavy (non-hydrogen) atoms. The third-order valence-corrected chi connectivity index (χ3v) is 4.17. The van der Waals surface area contributed by atoms with Gasteiger partial charge in [0.2, 0.25) is 0 Å². The third kappa shape index (κ3) is 4.83. The van der Waals surface area contributed by atoms with Gasteiger partial charge >= 0.3 is 0 Å². The number of nitrogens with one attached hydrogen (secondary N) is 2. The minimum absolute atomic E-state index is 0.0700. The standard InChI is InChI=1S/C17H30N4O/c1-13(2)10-17(3,4)12-19-16(22)15-7-9-21(20-15)14-6-5-8-18-11-14/h7,9,13-14,18H,5-6,8,10-12H2,1-4H3,(H,19,22). The van der Waals surface area contributed by atoms with Crippen molar-refractivity contribution in [1.82, 2.24) is 20.4 Å². The van der Waals surface area contributed by atoms with Crippen LogP contribution in [0, 0.1) is 11.3 Å². The Balaban J connectivity index is 1.89. The molecule has 5 heteroatoms. The molecule has 1 fully saturated rings. The highest BCUT2D eigenvalue weighted by atomic mass is 16.1. The van der Waals surface area contributed by atoms with Crippen LogP contribution in [0.2, 0.25) is 0 Å². The van der Waals surface area contributed by atoms with Crippen molar-refractivity contribution in [3.8, 4) is 0 Å². The van der Waals surface area contributed by atoms with E-state index < -0.39 is 0 Å². The smallest absolute Gasteiger partial charge is 0.271 e. The normalized spacial score (nSPS) is 19.4. The summed E-state index contributed by atoms with van der Waals surface area (Å²) < 4.78 is 1.93. The number of aromatic nitrogens is 2. The minimum Gasteiger partial charge on any atom is -0.350 e. The molecule has 2 N–H and O–H groups in total. The molecule has 1 atom stereocenters. The van der Waals surface area contributed by atoms with Gasteiger partial charge in [-0.2, -0.15) is 5.10 Å². The summed E-state index contributed by atoms with van der Waals surface area (Å²) >= 11 is 0. The summed E-state index contributed by atoms with van der Waals surface area (Å²) in [5.74, 6) is 0.560. The van der Waals surface area contributed by atoms with Crippen LogP contribution < -0.4 is 10.6 Å². The van der Waals surface area contributed by atoms with Crippen LogP contribution in [-0.2, 0) is 0 Å². The molecular weight excluding hydrogens is 276 g/mol. The Morgan fingerprint density at radius 1 is 1.55 bits per heavy atom. The predicted octanol–water partition coefficient (Wildman–Crippen LogP) is 2.61. The van der Waals surface area contributed by atoms with Gasteiger partial charge in [-0.1, -0.05) is 27.7 Å². The summed E-state index contributed by atoms with van der Waals surface area (Å²) in [4.78, 5) is 12.3. The van der Waals surface area contributed by atoms with Crippen LogP contribution in [0.4, 0.5) is 0 Å². The maximum absolute atomic E-state index is 12.3. The molecule has 1 aromatic rings. The summed E-state index contributed by atoms with van der Waals surface area (Å²) in [6.45, 7) is 11.5. The van der Waals surface area contributed by atoms with Gasteiger partial charge in [-0.05, 0) is 43.2 Å². The number of amides is 1. The van der Waals surface area contributed by atoms with Gasteiger partial charge in [0, 0.05) is 19.3 Å². The number of carbonyl (C=O) groups is 1. The van der Waals surface area contributed by atoms with Crippen molar-refractivity contribution >= 4 is 5.91 Å². The molecule has 0 spiro atoms. The first-order valence-corrected chi connectivity index (χ1v) is 8.41. The Kier molecular flexibility index (Phi) is 5.62. The van der Waals surface area contributed by atoms with Crippen molar-refractivity contribution in [2.75, 3.05) is 19.6 Å². The predicted molar refractivity (Wildman–Crippen MR) is 88.9 cm³/mol. The topological polar surface area (TPSA) is 59.0 Å². The van der Waals surface area contributed by atoms with E-state index in [-0.39, 0.29) is 11.3 Å². The fourth-order valence-corrected chi connectivity index (χ4v) is 3.31. The lowest BCUT2D eigenvalue weighted by molar-refractivity contribution is 0.0925. The summed E-state index contributed by atoms with van der Waals surface area (Å²) in [5, 5.41) is 10.9. The Hall–Kier alpha value is -1.36. The molecule has 2 rings (SSSR count). The molecule has 1 aliphatic heterocycles. The maximum atomic E-state index is 12.3. The first-order valence-electron chi connectivity index (χ1n) is 8.41. The van der Waals surface area contributed by atoms with Crippen LogP contribution in [-0.4, -0.2) is 35.3 Å². The SMILES string of the molecule is CC(C)CC(C)(C)CNC(=O)c1ccn(C2CCCNC2)n1. The van der Waals surface area contributed by atoms with Gasteiger partial charge in [-0.15, -0.1) is 0 Å². The van der Waals surface area contributed by atoms with Crippen LogP contribution in [0.25, 0.3) is 0 Å². The zero-order chi connectivity index (χ0) is 16.2. The number of piperidine rings is 1. The second-order valence-electron chi connectivity index (χ2n) is 7.63. The second kappa shape index (κ2) is 7.27. The second-order valence-corrected chi connectivity index (χ2v) is 7.63. The molecule has 1 aromatic heterocycles. The van der Waals surface area contributed by atoms with E-state index >= 15 is 0 Å². The fourth-order valence-electron chi connectivity index (χ4n) is 3.31. The van der Waals surface area contributed by atoms with E-state index in [1.165, 1.54) is 0 Å². The van der Waals surface area contributed by atoms with Crippen LogP contribution in [0.1, 0.15) is 63.5 Å². The molecule has 0 radical (unpaired) electrons. The van der Waals surface area contributed by atoms with Gasteiger partial charge in [0.25, 0.3) is 5.91 Å². The first-order chi connectivity index (χ1) is 10.4. The monoisotopic (exact) mass is 306 g/mol. The van der Waals surface area contributed by atoms with Crippen molar-refractivity contribution in [3.63, 3.8) is 0 Å². The quantitative estimate of drug-likeness (QED) is 0.849. The lowest BCUT2D eigenvalue weighted by Crippen LogP contribution is -2.35. The molecule has 0 aromatic carbocycles. The molecule has 1 saturated heterocycles. The minimum atomic E-state index is -0.0700. The highest BCUT2D eigenvalue weighted by Crippen LogP contribution is 2.24. The molecule has 2 heterocycles. The molecule has 5 nitrogen and oxygen atoms in total. The highest BCUT2D eigenvalue weighted by Gasteiger charge is 2.22. The molecule has 1 unspecified atom stereocenters. The summed E-state index contributed by atoms with van der Waals surface area (Å²) in [6, 6.07) is 2.19. The maximum Gasteiger partial charge on any atom is 0.271 e. The highest BCUT2D eigenvalue weighted by molar-refractivity contribution is 5.92. The molecule has 0 saturated carbocycles. The fraction of sp³-hybridized carbons (Fsp3) is 0.765. The average molecular weight is 306 g/mol. The first kappa shape index (κ1) is 17.0. The van der Waals surface area contributed by atoms with Gasteiger partial charge in [0.15, 0.2) is 0 Å². The van der Waals surface area contributed by atoms with E-state index in [4.69, 9.17) is 0 Å². The Morgan fingerprint density at radius 3 is 2.95 bits per heavy atom. The van der Waals surface area contributed by atoms with E-state index in [2.05, 4.69) is 43.4 Å². The van der Waals surface area contributed by atoms with Crippen LogP contribution >= 0.6 is 0 Å². The van der Waals surface area contributed by atoms with Crippen LogP contribution in [0.3, 0.4) is 0 Å². The van der Waals surface area contributed by atoms with E-state index in [1.807, 2.05) is 16.9 Å². The number of hydrogen-bond acceptors (Lipinski definition) is 3. The van der Waals surface area contributed by atoms with Gasteiger partial charge in [-0.25, -0.2) is 0 Å². The summed E-state index contributed by atoms with van der Waals surface area (Å²) in [7, 11) is 0. The number of hydrogen-bond donors (Lipinski definition) is 2. The van der Waals surface area contributed by atoms with Crippen molar-refractivity contribution in [2.45, 2.75) is 53.0 Å². The van der Waals surface area contributed by atoms with E-state index in [0.29, 0.717) is 24.2 Å². The van der Waals surface area contributed by atoms with Gasteiger partial charge in [-0.3, -0.25) is 9.48 Å². The Bertz CT molecular complexity index is 487. The molecule has 0 aliphatic carbocycles. The van der Waals surface area contributed by atoms with Crippen molar-refractivity contribution in [2.24, 2.45) is 11.3 Å². The Labute approximate surface area is 133 Å². The molecular formula is C17H30N4O. The lowest BCUT2D eigenvalue weighted by Gasteiger charge is -2.26. The molecule has 0 bridgehead atoms. The van der Waals surface area contributed by atoms with Gasteiger partial charge in [0.1, 0.15) is 5.69 Å². The average Bonchev–Trinajstić information content (AvgIpc) is 2.94. The lowest BCUT2D eigenvalue weighted by atomic mass is 9.84. The van der Waals surface area contributed by atoms with E-state index in [0.717, 1.165) is 32.4 Å². The Morgan fingerprint density at radius 2 is 2.32 bits per heavy atom. The van der Waals surface area contributed by atoms with Crippen LogP contribution in [0.5, 0.6) is 0 Å². The molecule has 1 aliphatic rings. The largest absolute Gasteiger partial charge is 0.350 e. The number of rotatable bonds is 6. The number of carbonyl (C=O) groups excluding carboxylic acids is 1. The van der Waals surface area contributed by atoms with Crippen molar-refractivity contribution in [3.05, 3.63) is 18.0 Å². The summed E-state index contributed by atoms with van der Waals surface area (Å²) in [5.41, 5.74) is 0.630.